The molecule has 0 saturated heterocycles. The molecule has 1 saturated carbocycles. The van der Waals surface area contributed by atoms with Gasteiger partial charge in [-0.25, -0.2) is 4.98 Å². The van der Waals surface area contributed by atoms with Gasteiger partial charge < -0.3 is 16.0 Å². The predicted molar refractivity (Wildman–Crippen MR) is 72.4 cm³/mol. The number of nitrogens with two attached hydrogens (primary N) is 1. The van der Waals surface area contributed by atoms with E-state index in [0.717, 1.165) is 37.4 Å². The molecule has 0 aromatic carbocycles. The highest BCUT2D eigenvalue weighted by atomic mass is 15.2. The first-order chi connectivity index (χ1) is 8.22. The summed E-state index contributed by atoms with van der Waals surface area (Å²) in [4.78, 5) is 6.72. The van der Waals surface area contributed by atoms with Crippen LogP contribution in [0.1, 0.15) is 26.7 Å². The SMILES string of the molecule is CCN(CC)c1ccc(NC2CC(N)C2)cn1. The van der Waals surface area contributed by atoms with Gasteiger partial charge in [-0.2, -0.15) is 0 Å². The minimum Gasteiger partial charge on any atom is -0.381 e. The quantitative estimate of drug-likeness (QED) is 0.816. The molecule has 4 heteroatoms. The highest BCUT2D eigenvalue weighted by Crippen LogP contribution is 2.23. The Morgan fingerprint density at radius 3 is 2.53 bits per heavy atom. The van der Waals surface area contributed by atoms with Crippen molar-refractivity contribution in [1.29, 1.82) is 0 Å². The highest BCUT2D eigenvalue weighted by molar-refractivity contribution is 5.49. The lowest BCUT2D eigenvalue weighted by Crippen LogP contribution is -2.44. The van der Waals surface area contributed by atoms with Crippen molar-refractivity contribution in [3.8, 4) is 0 Å². The molecule has 4 nitrogen and oxygen atoms in total. The van der Waals surface area contributed by atoms with E-state index in [9.17, 15) is 0 Å². The Balaban J connectivity index is 1.93. The molecule has 1 aromatic rings. The summed E-state index contributed by atoms with van der Waals surface area (Å²) in [6.45, 7) is 6.28. The van der Waals surface area contributed by atoms with Crippen LogP contribution in [0.2, 0.25) is 0 Å². The fourth-order valence-corrected chi connectivity index (χ4v) is 2.22. The van der Waals surface area contributed by atoms with Crippen LogP contribution in [0.4, 0.5) is 11.5 Å². The number of rotatable bonds is 5. The number of anilines is 2. The zero-order valence-electron chi connectivity index (χ0n) is 10.7. The van der Waals surface area contributed by atoms with Crippen LogP contribution in [-0.4, -0.2) is 30.2 Å². The lowest BCUT2D eigenvalue weighted by Gasteiger charge is -2.33. The third-order valence-electron chi connectivity index (χ3n) is 3.38. The van der Waals surface area contributed by atoms with E-state index in [2.05, 4.69) is 41.2 Å². The first-order valence-corrected chi connectivity index (χ1v) is 6.46. The van der Waals surface area contributed by atoms with Crippen LogP contribution in [0.3, 0.4) is 0 Å². The van der Waals surface area contributed by atoms with Gasteiger partial charge in [-0.3, -0.25) is 0 Å². The van der Waals surface area contributed by atoms with Crippen molar-refractivity contribution in [2.75, 3.05) is 23.3 Å². The van der Waals surface area contributed by atoms with Gasteiger partial charge in [0.2, 0.25) is 0 Å². The Hall–Kier alpha value is -1.29. The molecule has 3 N–H and O–H groups in total. The van der Waals surface area contributed by atoms with E-state index >= 15 is 0 Å². The second-order valence-corrected chi connectivity index (χ2v) is 4.65. The Morgan fingerprint density at radius 2 is 2.06 bits per heavy atom. The third kappa shape index (κ3) is 2.88. The number of hydrogen-bond donors (Lipinski definition) is 2. The topological polar surface area (TPSA) is 54.2 Å². The van der Waals surface area contributed by atoms with E-state index < -0.39 is 0 Å². The monoisotopic (exact) mass is 234 g/mol. The lowest BCUT2D eigenvalue weighted by molar-refractivity contribution is 0.373. The van der Waals surface area contributed by atoms with Crippen molar-refractivity contribution < 1.29 is 0 Å². The van der Waals surface area contributed by atoms with Crippen molar-refractivity contribution in [3.63, 3.8) is 0 Å². The number of nitrogens with zero attached hydrogens (tertiary/aromatic N) is 2. The second-order valence-electron chi connectivity index (χ2n) is 4.65. The standard InChI is InChI=1S/C13H22N4/c1-3-17(4-2)13-6-5-11(9-15-13)16-12-7-10(14)8-12/h5-6,9-10,12,16H,3-4,7-8,14H2,1-2H3. The number of nitrogens with one attached hydrogen (secondary N) is 1. The first kappa shape index (κ1) is 12.2. The predicted octanol–water partition coefficient (Wildman–Crippen LogP) is 1.83. The normalized spacial score (nSPS) is 23.0. The molecule has 0 bridgehead atoms. The van der Waals surface area contributed by atoms with Crippen LogP contribution in [0.25, 0.3) is 0 Å². The van der Waals surface area contributed by atoms with Crippen molar-refractivity contribution in [2.45, 2.75) is 38.8 Å². The highest BCUT2D eigenvalue weighted by Gasteiger charge is 2.25. The molecule has 0 unspecified atom stereocenters. The summed E-state index contributed by atoms with van der Waals surface area (Å²) >= 11 is 0. The number of aromatic nitrogens is 1. The fraction of sp³-hybridized carbons (Fsp3) is 0.615. The number of pyridine rings is 1. The van der Waals surface area contributed by atoms with Crippen molar-refractivity contribution in [2.24, 2.45) is 5.73 Å². The van der Waals surface area contributed by atoms with Gasteiger partial charge in [0.15, 0.2) is 0 Å². The lowest BCUT2D eigenvalue weighted by atomic mass is 9.87. The molecule has 0 atom stereocenters. The Bertz CT molecular complexity index is 339. The van der Waals surface area contributed by atoms with E-state index in [4.69, 9.17) is 5.73 Å². The van der Waals surface area contributed by atoms with E-state index in [1.54, 1.807) is 0 Å². The average Bonchev–Trinajstić information content (AvgIpc) is 2.31. The van der Waals surface area contributed by atoms with Crippen molar-refractivity contribution in [3.05, 3.63) is 18.3 Å². The van der Waals surface area contributed by atoms with Crippen molar-refractivity contribution >= 4 is 11.5 Å². The van der Waals surface area contributed by atoms with Gasteiger partial charge in [-0.05, 0) is 38.8 Å². The zero-order chi connectivity index (χ0) is 12.3. The molecule has 0 radical (unpaired) electrons. The van der Waals surface area contributed by atoms with Crippen LogP contribution in [0, 0.1) is 0 Å². The molecule has 0 amide bonds. The zero-order valence-corrected chi connectivity index (χ0v) is 10.7. The second kappa shape index (κ2) is 5.36. The maximum Gasteiger partial charge on any atom is 0.128 e. The molecule has 94 valence electrons. The molecule has 2 rings (SSSR count). The number of hydrogen-bond acceptors (Lipinski definition) is 4. The van der Waals surface area contributed by atoms with E-state index in [1.807, 2.05) is 6.20 Å². The summed E-state index contributed by atoms with van der Waals surface area (Å²) in [5.74, 6) is 1.05. The van der Waals surface area contributed by atoms with E-state index in [0.29, 0.717) is 12.1 Å². The fourth-order valence-electron chi connectivity index (χ4n) is 2.22. The summed E-state index contributed by atoms with van der Waals surface area (Å²) < 4.78 is 0. The van der Waals surface area contributed by atoms with Crippen LogP contribution >= 0.6 is 0 Å². The van der Waals surface area contributed by atoms with Crippen LogP contribution in [0.15, 0.2) is 18.3 Å². The molecular formula is C13H22N4. The maximum absolute atomic E-state index is 5.76. The van der Waals surface area contributed by atoms with Gasteiger partial charge >= 0.3 is 0 Å². The average molecular weight is 234 g/mol. The van der Waals surface area contributed by atoms with Gasteiger partial charge in [0, 0.05) is 25.2 Å². The molecule has 1 fully saturated rings. The molecule has 1 aliphatic carbocycles. The van der Waals surface area contributed by atoms with Gasteiger partial charge in [0.05, 0.1) is 11.9 Å². The van der Waals surface area contributed by atoms with Crippen molar-refractivity contribution in [1.82, 2.24) is 4.98 Å². The van der Waals surface area contributed by atoms with Crippen LogP contribution in [0.5, 0.6) is 0 Å². The molecule has 0 spiro atoms. The summed E-state index contributed by atoms with van der Waals surface area (Å²) in [6, 6.07) is 5.10. The Labute approximate surface area is 103 Å². The van der Waals surface area contributed by atoms with Gasteiger partial charge in [-0.1, -0.05) is 0 Å². The molecule has 0 aliphatic heterocycles. The van der Waals surface area contributed by atoms with E-state index in [1.165, 1.54) is 0 Å². The molecular weight excluding hydrogens is 212 g/mol. The summed E-state index contributed by atoms with van der Waals surface area (Å²) in [5.41, 5.74) is 6.86. The van der Waals surface area contributed by atoms with Crippen LogP contribution < -0.4 is 16.0 Å². The summed E-state index contributed by atoms with van der Waals surface area (Å²) in [7, 11) is 0. The summed E-state index contributed by atoms with van der Waals surface area (Å²) in [5, 5.41) is 3.45. The maximum atomic E-state index is 5.76. The Kier molecular flexibility index (Phi) is 3.84. The van der Waals surface area contributed by atoms with E-state index in [-0.39, 0.29) is 0 Å². The molecule has 1 heterocycles. The van der Waals surface area contributed by atoms with Gasteiger partial charge in [0.1, 0.15) is 5.82 Å². The minimum atomic E-state index is 0.385. The Morgan fingerprint density at radius 1 is 1.35 bits per heavy atom. The first-order valence-electron chi connectivity index (χ1n) is 6.46. The third-order valence-corrected chi connectivity index (χ3v) is 3.38. The minimum absolute atomic E-state index is 0.385. The largest absolute Gasteiger partial charge is 0.381 e. The summed E-state index contributed by atoms with van der Waals surface area (Å²) in [6.07, 6.45) is 4.05. The molecule has 1 aliphatic rings. The molecule has 17 heavy (non-hydrogen) atoms. The van der Waals surface area contributed by atoms with Gasteiger partial charge in [-0.15, -0.1) is 0 Å². The van der Waals surface area contributed by atoms with Crippen LogP contribution in [-0.2, 0) is 0 Å². The molecule has 1 aromatic heterocycles. The van der Waals surface area contributed by atoms with Gasteiger partial charge in [0.25, 0.3) is 0 Å². The smallest absolute Gasteiger partial charge is 0.128 e.